The van der Waals surface area contributed by atoms with E-state index in [1.165, 1.54) is 38.6 Å². The molecule has 0 aliphatic heterocycles. The van der Waals surface area contributed by atoms with Crippen molar-refractivity contribution in [1.29, 1.82) is 0 Å². The molecule has 2 aromatic carbocycles. The van der Waals surface area contributed by atoms with E-state index in [1.54, 1.807) is 17.0 Å². The maximum atomic E-state index is 13.3. The first kappa shape index (κ1) is 21.1. The number of rotatable bonds is 7. The summed E-state index contributed by atoms with van der Waals surface area (Å²) in [5.41, 5.74) is 1.05. The fraction of sp³-hybridized carbons (Fsp3) is 0.190. The maximum absolute atomic E-state index is 13.3. The van der Waals surface area contributed by atoms with Gasteiger partial charge in [-0.15, -0.1) is 0 Å². The Balaban J connectivity index is 1.98. The van der Waals surface area contributed by atoms with Crippen LogP contribution in [0.4, 0.5) is 0 Å². The van der Waals surface area contributed by atoms with Crippen LogP contribution in [0.3, 0.4) is 0 Å². The first-order valence-electron chi connectivity index (χ1n) is 8.86. The van der Waals surface area contributed by atoms with E-state index in [2.05, 4.69) is 0 Å². The van der Waals surface area contributed by atoms with Crippen LogP contribution in [-0.4, -0.2) is 37.6 Å². The highest BCUT2D eigenvalue weighted by molar-refractivity contribution is 7.89. The van der Waals surface area contributed by atoms with Crippen LogP contribution in [0.15, 0.2) is 76.2 Å². The Hall–Kier alpha value is -2.61. The third kappa shape index (κ3) is 4.87. The average Bonchev–Trinajstić information content (AvgIpc) is 3.21. The number of hydrogen-bond acceptors (Lipinski definition) is 4. The van der Waals surface area contributed by atoms with Gasteiger partial charge in [0.25, 0.3) is 5.91 Å². The van der Waals surface area contributed by atoms with Crippen LogP contribution >= 0.6 is 11.6 Å². The predicted octanol–water partition coefficient (Wildman–Crippen LogP) is 4.03. The zero-order valence-electron chi connectivity index (χ0n) is 16.1. The lowest BCUT2D eigenvalue weighted by molar-refractivity contribution is 0.0717. The van der Waals surface area contributed by atoms with E-state index in [1.807, 2.05) is 30.3 Å². The molecule has 0 unspecified atom stereocenters. The van der Waals surface area contributed by atoms with Crippen LogP contribution in [0.1, 0.15) is 21.7 Å². The molecule has 0 bridgehead atoms. The molecular weight excluding hydrogens is 412 g/mol. The molecule has 0 fully saturated rings. The van der Waals surface area contributed by atoms with Crippen molar-refractivity contribution < 1.29 is 17.6 Å². The Morgan fingerprint density at radius 3 is 2.34 bits per heavy atom. The summed E-state index contributed by atoms with van der Waals surface area (Å²) in [7, 11) is -0.830. The van der Waals surface area contributed by atoms with Crippen molar-refractivity contribution in [3.05, 3.63) is 88.8 Å². The van der Waals surface area contributed by atoms with Crippen LogP contribution < -0.4 is 0 Å². The molecule has 1 heterocycles. The summed E-state index contributed by atoms with van der Waals surface area (Å²) in [6.45, 7) is 0.545. The molecule has 0 aliphatic carbocycles. The van der Waals surface area contributed by atoms with Crippen molar-refractivity contribution in [3.8, 4) is 0 Å². The number of nitrogens with zero attached hydrogens (tertiary/aromatic N) is 2. The summed E-state index contributed by atoms with van der Waals surface area (Å²) in [4.78, 5) is 14.9. The number of sulfonamides is 1. The SMILES string of the molecule is CN(C)S(=O)(=O)c1ccc(Cl)c(C(=O)N(Cc2ccccc2)Cc2ccco2)c1. The van der Waals surface area contributed by atoms with E-state index < -0.39 is 10.0 Å². The second kappa shape index (κ2) is 8.82. The maximum Gasteiger partial charge on any atom is 0.256 e. The van der Waals surface area contributed by atoms with Crippen LogP contribution in [0.25, 0.3) is 0 Å². The summed E-state index contributed by atoms with van der Waals surface area (Å²) < 4.78 is 31.4. The highest BCUT2D eigenvalue weighted by Gasteiger charge is 2.24. The van der Waals surface area contributed by atoms with Gasteiger partial charge in [-0.25, -0.2) is 12.7 Å². The number of benzene rings is 2. The second-order valence-corrected chi connectivity index (χ2v) is 9.21. The van der Waals surface area contributed by atoms with Gasteiger partial charge in [-0.2, -0.15) is 0 Å². The summed E-state index contributed by atoms with van der Waals surface area (Å²) >= 11 is 6.27. The molecule has 0 spiro atoms. The van der Waals surface area contributed by atoms with Gasteiger partial charge in [0.05, 0.1) is 28.3 Å². The van der Waals surface area contributed by atoms with Crippen molar-refractivity contribution in [2.24, 2.45) is 0 Å². The molecule has 0 N–H and O–H groups in total. The molecule has 152 valence electrons. The quantitative estimate of drug-likeness (QED) is 0.565. The van der Waals surface area contributed by atoms with Gasteiger partial charge in [-0.3, -0.25) is 4.79 Å². The lowest BCUT2D eigenvalue weighted by Crippen LogP contribution is -2.30. The number of furan rings is 1. The molecule has 3 aromatic rings. The molecule has 29 heavy (non-hydrogen) atoms. The van der Waals surface area contributed by atoms with Crippen LogP contribution in [-0.2, 0) is 23.1 Å². The fourth-order valence-electron chi connectivity index (χ4n) is 2.80. The van der Waals surface area contributed by atoms with E-state index >= 15 is 0 Å². The Kier molecular flexibility index (Phi) is 6.42. The first-order valence-corrected chi connectivity index (χ1v) is 10.7. The van der Waals surface area contributed by atoms with Crippen molar-refractivity contribution >= 4 is 27.5 Å². The Morgan fingerprint density at radius 1 is 1.00 bits per heavy atom. The fourth-order valence-corrected chi connectivity index (χ4v) is 3.93. The van der Waals surface area contributed by atoms with Crippen molar-refractivity contribution in [2.45, 2.75) is 18.0 Å². The molecule has 6 nitrogen and oxygen atoms in total. The molecule has 0 radical (unpaired) electrons. The monoisotopic (exact) mass is 432 g/mol. The molecule has 1 amide bonds. The largest absolute Gasteiger partial charge is 0.467 e. The summed E-state index contributed by atoms with van der Waals surface area (Å²) in [6.07, 6.45) is 1.54. The van der Waals surface area contributed by atoms with E-state index in [0.29, 0.717) is 12.3 Å². The second-order valence-electron chi connectivity index (χ2n) is 6.66. The van der Waals surface area contributed by atoms with Gasteiger partial charge in [0, 0.05) is 20.6 Å². The van der Waals surface area contributed by atoms with E-state index in [4.69, 9.17) is 16.0 Å². The number of hydrogen-bond donors (Lipinski definition) is 0. The topological polar surface area (TPSA) is 70.8 Å². The van der Waals surface area contributed by atoms with Crippen molar-refractivity contribution in [2.75, 3.05) is 14.1 Å². The lowest BCUT2D eigenvalue weighted by Gasteiger charge is -2.23. The van der Waals surface area contributed by atoms with E-state index in [0.717, 1.165) is 9.87 Å². The molecule has 0 saturated carbocycles. The van der Waals surface area contributed by atoms with Gasteiger partial charge in [0.1, 0.15) is 5.76 Å². The third-order valence-electron chi connectivity index (χ3n) is 4.38. The van der Waals surface area contributed by atoms with Gasteiger partial charge in [0.15, 0.2) is 0 Å². The van der Waals surface area contributed by atoms with Gasteiger partial charge in [0.2, 0.25) is 10.0 Å². The normalized spacial score (nSPS) is 11.6. The highest BCUT2D eigenvalue weighted by atomic mass is 35.5. The Bertz CT molecular complexity index is 1080. The number of amides is 1. The minimum absolute atomic E-state index is 0.00732. The van der Waals surface area contributed by atoms with Crippen molar-refractivity contribution in [3.63, 3.8) is 0 Å². The number of halogens is 1. The molecule has 3 rings (SSSR count). The summed E-state index contributed by atoms with van der Waals surface area (Å²) in [5.74, 6) is 0.230. The minimum Gasteiger partial charge on any atom is -0.467 e. The molecule has 0 saturated heterocycles. The average molecular weight is 433 g/mol. The van der Waals surface area contributed by atoms with Crippen LogP contribution in [0, 0.1) is 0 Å². The summed E-state index contributed by atoms with van der Waals surface area (Å²) in [6, 6.07) is 17.2. The lowest BCUT2D eigenvalue weighted by atomic mass is 10.1. The molecule has 0 atom stereocenters. The zero-order valence-corrected chi connectivity index (χ0v) is 17.7. The summed E-state index contributed by atoms with van der Waals surface area (Å²) in [5, 5.41) is 0.185. The van der Waals surface area contributed by atoms with E-state index in [9.17, 15) is 13.2 Å². The molecule has 1 aromatic heterocycles. The van der Waals surface area contributed by atoms with Gasteiger partial charge in [-0.05, 0) is 35.9 Å². The van der Waals surface area contributed by atoms with Crippen molar-refractivity contribution in [1.82, 2.24) is 9.21 Å². The highest BCUT2D eigenvalue weighted by Crippen LogP contribution is 2.25. The Morgan fingerprint density at radius 2 is 1.72 bits per heavy atom. The molecule has 0 aliphatic rings. The molecule has 8 heteroatoms. The third-order valence-corrected chi connectivity index (χ3v) is 6.52. The first-order chi connectivity index (χ1) is 13.8. The zero-order chi connectivity index (χ0) is 21.0. The van der Waals surface area contributed by atoms with Gasteiger partial charge < -0.3 is 9.32 Å². The standard InChI is InChI=1S/C21H21ClN2O4S/c1-23(2)29(26,27)18-10-11-20(22)19(13-18)21(25)24(15-17-9-6-12-28-17)14-16-7-4-3-5-8-16/h3-13H,14-15H2,1-2H3. The predicted molar refractivity (Wildman–Crippen MR) is 111 cm³/mol. The molecular formula is C21H21ClN2O4S. The Labute approximate surface area is 175 Å². The smallest absolute Gasteiger partial charge is 0.256 e. The van der Waals surface area contributed by atoms with E-state index in [-0.39, 0.29) is 27.9 Å². The number of carbonyl (C=O) groups excluding carboxylic acids is 1. The van der Waals surface area contributed by atoms with Crippen LogP contribution in [0.5, 0.6) is 0 Å². The van der Waals surface area contributed by atoms with Gasteiger partial charge in [-0.1, -0.05) is 41.9 Å². The number of carbonyl (C=O) groups is 1. The van der Waals surface area contributed by atoms with Crippen LogP contribution in [0.2, 0.25) is 5.02 Å². The minimum atomic E-state index is -3.70. The van der Waals surface area contributed by atoms with Gasteiger partial charge >= 0.3 is 0 Å².